The fourth-order valence-electron chi connectivity index (χ4n) is 3.58. The lowest BCUT2D eigenvalue weighted by Gasteiger charge is -2.28. The Kier molecular flexibility index (Phi) is 6.15. The smallest absolute Gasteiger partial charge is 0.220 e. The summed E-state index contributed by atoms with van der Waals surface area (Å²) in [5.41, 5.74) is 0. The third-order valence-corrected chi connectivity index (χ3v) is 4.92. The van der Waals surface area contributed by atoms with Crippen LogP contribution in [-0.2, 0) is 4.79 Å². The van der Waals surface area contributed by atoms with Crippen molar-refractivity contribution in [1.82, 2.24) is 10.6 Å². The number of carbonyl (C=O) groups is 1. The minimum atomic E-state index is 0.267. The lowest BCUT2D eigenvalue weighted by Crippen LogP contribution is -2.39. The van der Waals surface area contributed by atoms with Gasteiger partial charge in [0.25, 0.3) is 0 Å². The normalized spacial score (nSPS) is 26.9. The number of amides is 1. The van der Waals surface area contributed by atoms with Crippen LogP contribution in [0.4, 0.5) is 0 Å². The van der Waals surface area contributed by atoms with Gasteiger partial charge in [0, 0.05) is 12.5 Å². The molecule has 2 rings (SSSR count). The van der Waals surface area contributed by atoms with E-state index in [-0.39, 0.29) is 5.91 Å². The molecule has 1 unspecified atom stereocenters. The van der Waals surface area contributed by atoms with Gasteiger partial charge in [-0.3, -0.25) is 4.79 Å². The molecular weight excluding hydrogens is 236 g/mol. The zero-order chi connectivity index (χ0) is 13.5. The summed E-state index contributed by atoms with van der Waals surface area (Å²) < 4.78 is 0. The van der Waals surface area contributed by atoms with E-state index < -0.39 is 0 Å². The zero-order valence-electron chi connectivity index (χ0n) is 12.4. The van der Waals surface area contributed by atoms with Crippen molar-refractivity contribution in [2.24, 2.45) is 11.8 Å². The number of rotatable bonds is 5. The quantitative estimate of drug-likeness (QED) is 0.803. The van der Waals surface area contributed by atoms with E-state index in [1.807, 2.05) is 0 Å². The standard InChI is InChI=1S/C16H30N2O/c1-13(15-7-3-2-4-8-15)18-16(19)10-9-14-6-5-11-17-12-14/h13-15,17H,2-12H2,1H3,(H,18,19)/t13-,14?/m0/s1. The van der Waals surface area contributed by atoms with Crippen molar-refractivity contribution < 1.29 is 4.79 Å². The monoisotopic (exact) mass is 266 g/mol. The van der Waals surface area contributed by atoms with Gasteiger partial charge in [-0.15, -0.1) is 0 Å². The predicted octanol–water partition coefficient (Wildman–Crippen LogP) is 2.85. The molecule has 1 aliphatic carbocycles. The molecule has 1 saturated heterocycles. The molecule has 1 amide bonds. The molecule has 0 aromatic carbocycles. The SMILES string of the molecule is C[C@H](NC(=O)CCC1CCCNC1)C1CCCCC1. The molecule has 1 aliphatic heterocycles. The zero-order valence-corrected chi connectivity index (χ0v) is 12.4. The van der Waals surface area contributed by atoms with Crippen molar-refractivity contribution in [3.63, 3.8) is 0 Å². The number of carbonyl (C=O) groups excluding carboxylic acids is 1. The highest BCUT2D eigenvalue weighted by Crippen LogP contribution is 2.26. The molecule has 0 radical (unpaired) electrons. The molecule has 1 saturated carbocycles. The van der Waals surface area contributed by atoms with Gasteiger partial charge in [-0.2, -0.15) is 0 Å². The van der Waals surface area contributed by atoms with Gasteiger partial charge < -0.3 is 10.6 Å². The van der Waals surface area contributed by atoms with Crippen molar-refractivity contribution in [2.75, 3.05) is 13.1 Å². The van der Waals surface area contributed by atoms with Gasteiger partial charge in [0.2, 0.25) is 5.91 Å². The molecule has 2 atom stereocenters. The molecular formula is C16H30N2O. The topological polar surface area (TPSA) is 41.1 Å². The lowest BCUT2D eigenvalue weighted by molar-refractivity contribution is -0.122. The van der Waals surface area contributed by atoms with E-state index in [0.717, 1.165) is 19.5 Å². The molecule has 0 aromatic rings. The van der Waals surface area contributed by atoms with Crippen molar-refractivity contribution in [1.29, 1.82) is 0 Å². The number of nitrogens with one attached hydrogen (secondary N) is 2. The van der Waals surface area contributed by atoms with Crippen molar-refractivity contribution >= 4 is 5.91 Å². The van der Waals surface area contributed by atoms with Gasteiger partial charge in [-0.25, -0.2) is 0 Å². The Morgan fingerprint density at radius 1 is 1.21 bits per heavy atom. The van der Waals surface area contributed by atoms with Crippen LogP contribution in [0.25, 0.3) is 0 Å². The first-order chi connectivity index (χ1) is 9.25. The number of piperidine rings is 1. The fourth-order valence-corrected chi connectivity index (χ4v) is 3.58. The molecule has 0 aromatic heterocycles. The van der Waals surface area contributed by atoms with Crippen LogP contribution in [0.3, 0.4) is 0 Å². The van der Waals surface area contributed by atoms with Gasteiger partial charge in [-0.05, 0) is 64.0 Å². The molecule has 19 heavy (non-hydrogen) atoms. The second kappa shape index (κ2) is 7.88. The van der Waals surface area contributed by atoms with Crippen LogP contribution in [0.15, 0.2) is 0 Å². The molecule has 2 fully saturated rings. The Bertz CT molecular complexity index is 268. The largest absolute Gasteiger partial charge is 0.353 e. The third-order valence-electron chi connectivity index (χ3n) is 4.92. The van der Waals surface area contributed by atoms with E-state index in [0.29, 0.717) is 24.3 Å². The molecule has 110 valence electrons. The van der Waals surface area contributed by atoms with E-state index in [4.69, 9.17) is 0 Å². The molecule has 0 spiro atoms. The summed E-state index contributed by atoms with van der Waals surface area (Å²) in [7, 11) is 0. The molecule has 3 heteroatoms. The number of hydrogen-bond donors (Lipinski definition) is 2. The Labute approximate surface area is 117 Å². The Morgan fingerprint density at radius 3 is 2.68 bits per heavy atom. The first kappa shape index (κ1) is 14.8. The summed E-state index contributed by atoms with van der Waals surface area (Å²) >= 11 is 0. The average molecular weight is 266 g/mol. The van der Waals surface area contributed by atoms with Gasteiger partial charge in [0.05, 0.1) is 0 Å². The second-order valence-corrected chi connectivity index (χ2v) is 6.51. The minimum Gasteiger partial charge on any atom is -0.353 e. The summed E-state index contributed by atoms with van der Waals surface area (Å²) in [5, 5.41) is 6.65. The first-order valence-corrected chi connectivity index (χ1v) is 8.26. The Morgan fingerprint density at radius 2 is 2.00 bits per heavy atom. The van der Waals surface area contributed by atoms with Crippen molar-refractivity contribution in [3.05, 3.63) is 0 Å². The summed E-state index contributed by atoms with van der Waals surface area (Å²) in [4.78, 5) is 12.0. The first-order valence-electron chi connectivity index (χ1n) is 8.26. The second-order valence-electron chi connectivity index (χ2n) is 6.51. The van der Waals surface area contributed by atoms with Gasteiger partial charge in [0.1, 0.15) is 0 Å². The average Bonchev–Trinajstić information content (AvgIpc) is 2.47. The molecule has 2 aliphatic rings. The maximum Gasteiger partial charge on any atom is 0.220 e. The van der Waals surface area contributed by atoms with Gasteiger partial charge in [-0.1, -0.05) is 19.3 Å². The van der Waals surface area contributed by atoms with Gasteiger partial charge in [0.15, 0.2) is 0 Å². The summed E-state index contributed by atoms with van der Waals surface area (Å²) in [6, 6.07) is 0.372. The van der Waals surface area contributed by atoms with Crippen LogP contribution in [0.1, 0.15) is 64.7 Å². The highest BCUT2D eigenvalue weighted by molar-refractivity contribution is 5.76. The van der Waals surface area contributed by atoms with Crippen LogP contribution in [0.5, 0.6) is 0 Å². The number of hydrogen-bond acceptors (Lipinski definition) is 2. The van der Waals surface area contributed by atoms with E-state index in [2.05, 4.69) is 17.6 Å². The lowest BCUT2D eigenvalue weighted by atomic mass is 9.84. The maximum atomic E-state index is 12.0. The highest BCUT2D eigenvalue weighted by Gasteiger charge is 2.22. The van der Waals surface area contributed by atoms with Gasteiger partial charge >= 0.3 is 0 Å². The Balaban J connectivity index is 1.62. The molecule has 0 bridgehead atoms. The van der Waals surface area contributed by atoms with E-state index in [1.54, 1.807) is 0 Å². The minimum absolute atomic E-state index is 0.267. The van der Waals surface area contributed by atoms with Crippen molar-refractivity contribution in [2.45, 2.75) is 70.8 Å². The van der Waals surface area contributed by atoms with Crippen LogP contribution in [0, 0.1) is 11.8 Å². The molecule has 3 nitrogen and oxygen atoms in total. The summed E-state index contributed by atoms with van der Waals surface area (Å²) in [5.74, 6) is 1.70. The summed E-state index contributed by atoms with van der Waals surface area (Å²) in [6.07, 6.45) is 11.0. The summed E-state index contributed by atoms with van der Waals surface area (Å²) in [6.45, 7) is 4.45. The van der Waals surface area contributed by atoms with E-state index >= 15 is 0 Å². The maximum absolute atomic E-state index is 12.0. The highest BCUT2D eigenvalue weighted by atomic mass is 16.1. The van der Waals surface area contributed by atoms with Crippen LogP contribution >= 0.6 is 0 Å². The predicted molar refractivity (Wildman–Crippen MR) is 79.0 cm³/mol. The van der Waals surface area contributed by atoms with Crippen LogP contribution < -0.4 is 10.6 Å². The van der Waals surface area contributed by atoms with Crippen molar-refractivity contribution in [3.8, 4) is 0 Å². The third kappa shape index (κ3) is 5.13. The van der Waals surface area contributed by atoms with E-state index in [9.17, 15) is 4.79 Å². The molecule has 2 N–H and O–H groups in total. The van der Waals surface area contributed by atoms with Crippen LogP contribution in [0.2, 0.25) is 0 Å². The molecule has 1 heterocycles. The Hall–Kier alpha value is -0.570. The van der Waals surface area contributed by atoms with E-state index in [1.165, 1.54) is 44.9 Å². The van der Waals surface area contributed by atoms with Crippen LogP contribution in [-0.4, -0.2) is 25.0 Å². The fraction of sp³-hybridized carbons (Fsp3) is 0.938.